The highest BCUT2D eigenvalue weighted by atomic mass is 16.6. The molecule has 0 atom stereocenters. The number of nitro benzene ring substituents is 1. The van der Waals surface area contributed by atoms with Gasteiger partial charge in [-0.15, -0.1) is 0 Å². The number of carbonyl (C=O) groups excluding carboxylic acids is 1. The summed E-state index contributed by atoms with van der Waals surface area (Å²) in [6.45, 7) is 3.91. The largest absolute Gasteiger partial charge is 0.339 e. The summed E-state index contributed by atoms with van der Waals surface area (Å²) in [7, 11) is 0. The van der Waals surface area contributed by atoms with Crippen molar-refractivity contribution in [3.05, 3.63) is 58.2 Å². The third kappa shape index (κ3) is 3.29. The summed E-state index contributed by atoms with van der Waals surface area (Å²) in [4.78, 5) is 29.2. The zero-order valence-corrected chi connectivity index (χ0v) is 13.6. The molecular weight excluding hydrogens is 308 g/mol. The number of amides is 1. The van der Waals surface area contributed by atoms with E-state index >= 15 is 0 Å². The van der Waals surface area contributed by atoms with Crippen molar-refractivity contribution in [2.45, 2.75) is 26.3 Å². The number of imidazole rings is 1. The molecule has 1 aliphatic rings. The fourth-order valence-electron chi connectivity index (χ4n) is 3.23. The van der Waals surface area contributed by atoms with Crippen LogP contribution in [0.3, 0.4) is 0 Å². The van der Waals surface area contributed by atoms with Crippen molar-refractivity contribution in [3.63, 3.8) is 0 Å². The lowest BCUT2D eigenvalue weighted by Crippen LogP contribution is -2.39. The number of nitrogens with zero attached hydrogens (tertiary/aromatic N) is 4. The Kier molecular flexibility index (Phi) is 4.59. The van der Waals surface area contributed by atoms with Crippen LogP contribution in [0.5, 0.6) is 0 Å². The van der Waals surface area contributed by atoms with Crippen LogP contribution < -0.4 is 0 Å². The van der Waals surface area contributed by atoms with Gasteiger partial charge in [0.1, 0.15) is 0 Å². The Morgan fingerprint density at radius 1 is 1.38 bits per heavy atom. The molecule has 2 aromatic rings. The normalized spacial score (nSPS) is 15.5. The van der Waals surface area contributed by atoms with E-state index in [9.17, 15) is 14.9 Å². The number of aromatic nitrogens is 2. The lowest BCUT2D eigenvalue weighted by Gasteiger charge is -2.32. The van der Waals surface area contributed by atoms with E-state index in [4.69, 9.17) is 0 Å². The van der Waals surface area contributed by atoms with Gasteiger partial charge in [0, 0.05) is 49.2 Å². The van der Waals surface area contributed by atoms with Gasteiger partial charge >= 0.3 is 0 Å². The fraction of sp³-hybridized carbons (Fsp3) is 0.412. The lowest BCUT2D eigenvalue weighted by atomic mass is 9.95. The second kappa shape index (κ2) is 6.82. The molecule has 3 rings (SSSR count). The highest BCUT2D eigenvalue weighted by molar-refractivity contribution is 5.96. The second-order valence-corrected chi connectivity index (χ2v) is 6.20. The van der Waals surface area contributed by atoms with E-state index in [-0.39, 0.29) is 11.6 Å². The standard InChI is InChI=1S/C17H20N4O3/c1-13-15(3-2-4-16(13)21(23)24)17(22)20-8-5-14(6-9-20)11-19-10-7-18-12-19/h2-4,7,10,12,14H,5-6,8-9,11H2,1H3. The van der Waals surface area contributed by atoms with Gasteiger partial charge in [-0.25, -0.2) is 4.98 Å². The Morgan fingerprint density at radius 2 is 2.12 bits per heavy atom. The topological polar surface area (TPSA) is 81.3 Å². The fourth-order valence-corrected chi connectivity index (χ4v) is 3.23. The predicted octanol–water partition coefficient (Wildman–Crippen LogP) is 2.65. The number of carbonyl (C=O) groups is 1. The van der Waals surface area contributed by atoms with Gasteiger partial charge in [-0.1, -0.05) is 6.07 Å². The Balaban J connectivity index is 1.65. The molecule has 0 saturated carbocycles. The van der Waals surface area contributed by atoms with Gasteiger partial charge in [0.05, 0.1) is 11.3 Å². The SMILES string of the molecule is Cc1c(C(=O)N2CCC(Cn3ccnc3)CC2)cccc1[N+](=O)[O-]. The number of nitro groups is 1. The van der Waals surface area contributed by atoms with Crippen LogP contribution in [0, 0.1) is 23.0 Å². The first-order valence-corrected chi connectivity index (χ1v) is 8.05. The Bertz CT molecular complexity index is 734. The van der Waals surface area contributed by atoms with Crippen molar-refractivity contribution in [2.24, 2.45) is 5.92 Å². The van der Waals surface area contributed by atoms with Gasteiger partial charge in [-0.05, 0) is 31.7 Å². The Hall–Kier alpha value is -2.70. The van der Waals surface area contributed by atoms with Crippen molar-refractivity contribution in [1.82, 2.24) is 14.5 Å². The number of rotatable bonds is 4. The molecule has 24 heavy (non-hydrogen) atoms. The first kappa shape index (κ1) is 16.2. The molecule has 0 bridgehead atoms. The molecule has 0 aliphatic carbocycles. The van der Waals surface area contributed by atoms with Crippen LogP contribution in [-0.4, -0.2) is 38.4 Å². The van der Waals surface area contributed by atoms with Crippen LogP contribution in [0.15, 0.2) is 36.9 Å². The summed E-state index contributed by atoms with van der Waals surface area (Å²) in [5.74, 6) is 0.409. The van der Waals surface area contributed by atoms with Crippen molar-refractivity contribution in [1.29, 1.82) is 0 Å². The summed E-state index contributed by atoms with van der Waals surface area (Å²) in [6, 6.07) is 4.68. The molecule has 1 fully saturated rings. The molecule has 126 valence electrons. The van der Waals surface area contributed by atoms with Gasteiger partial charge in [-0.2, -0.15) is 0 Å². The molecule has 0 radical (unpaired) electrons. The van der Waals surface area contributed by atoms with Gasteiger partial charge < -0.3 is 9.47 Å². The Morgan fingerprint density at radius 3 is 2.75 bits per heavy atom. The maximum absolute atomic E-state index is 12.7. The Labute approximate surface area is 140 Å². The number of hydrogen-bond donors (Lipinski definition) is 0. The van der Waals surface area contributed by atoms with Crippen molar-refractivity contribution >= 4 is 11.6 Å². The second-order valence-electron chi connectivity index (χ2n) is 6.20. The first-order chi connectivity index (χ1) is 11.6. The summed E-state index contributed by atoms with van der Waals surface area (Å²) >= 11 is 0. The number of piperidine rings is 1. The van der Waals surface area contributed by atoms with E-state index in [2.05, 4.69) is 9.55 Å². The molecule has 0 N–H and O–H groups in total. The molecule has 2 heterocycles. The quantitative estimate of drug-likeness (QED) is 0.638. The monoisotopic (exact) mass is 328 g/mol. The average molecular weight is 328 g/mol. The summed E-state index contributed by atoms with van der Waals surface area (Å²) < 4.78 is 2.06. The molecule has 1 aromatic carbocycles. The minimum absolute atomic E-state index is 0.00385. The zero-order chi connectivity index (χ0) is 17.1. The average Bonchev–Trinajstić information content (AvgIpc) is 3.08. The van der Waals surface area contributed by atoms with Crippen LogP contribution in [0.4, 0.5) is 5.69 Å². The summed E-state index contributed by atoms with van der Waals surface area (Å²) in [6.07, 6.45) is 7.38. The maximum atomic E-state index is 12.7. The minimum Gasteiger partial charge on any atom is -0.339 e. The summed E-state index contributed by atoms with van der Waals surface area (Å²) in [5.41, 5.74) is 0.862. The highest BCUT2D eigenvalue weighted by Gasteiger charge is 2.26. The summed E-state index contributed by atoms with van der Waals surface area (Å²) in [5, 5.41) is 11.0. The van der Waals surface area contributed by atoms with E-state index in [1.165, 1.54) is 6.07 Å². The van der Waals surface area contributed by atoms with Gasteiger partial charge in [0.15, 0.2) is 0 Å². The van der Waals surface area contributed by atoms with E-state index in [0.29, 0.717) is 30.1 Å². The smallest absolute Gasteiger partial charge is 0.273 e. The van der Waals surface area contributed by atoms with Crippen LogP contribution >= 0.6 is 0 Å². The number of likely N-dealkylation sites (tertiary alicyclic amines) is 1. The first-order valence-electron chi connectivity index (χ1n) is 8.05. The van der Waals surface area contributed by atoms with Crippen molar-refractivity contribution in [3.8, 4) is 0 Å². The highest BCUT2D eigenvalue weighted by Crippen LogP contribution is 2.25. The third-order valence-electron chi connectivity index (χ3n) is 4.66. The van der Waals surface area contributed by atoms with Crippen molar-refractivity contribution in [2.75, 3.05) is 13.1 Å². The molecule has 7 nitrogen and oxygen atoms in total. The number of hydrogen-bond acceptors (Lipinski definition) is 4. The molecular formula is C17H20N4O3. The van der Waals surface area contributed by atoms with Crippen LogP contribution in [-0.2, 0) is 6.54 Å². The van der Waals surface area contributed by atoms with Gasteiger partial charge in [-0.3, -0.25) is 14.9 Å². The van der Waals surface area contributed by atoms with Crippen molar-refractivity contribution < 1.29 is 9.72 Å². The molecule has 1 amide bonds. The van der Waals surface area contributed by atoms with E-state index in [1.807, 2.05) is 12.5 Å². The molecule has 0 spiro atoms. The third-order valence-corrected chi connectivity index (χ3v) is 4.66. The molecule has 0 unspecified atom stereocenters. The zero-order valence-electron chi connectivity index (χ0n) is 13.6. The molecule has 7 heteroatoms. The number of benzene rings is 1. The predicted molar refractivity (Wildman–Crippen MR) is 88.7 cm³/mol. The maximum Gasteiger partial charge on any atom is 0.273 e. The van der Waals surface area contributed by atoms with Crippen LogP contribution in [0.2, 0.25) is 0 Å². The van der Waals surface area contributed by atoms with E-state index in [1.54, 1.807) is 30.2 Å². The van der Waals surface area contributed by atoms with Crippen LogP contribution in [0.25, 0.3) is 0 Å². The van der Waals surface area contributed by atoms with Gasteiger partial charge in [0.25, 0.3) is 11.6 Å². The van der Waals surface area contributed by atoms with E-state index < -0.39 is 4.92 Å². The minimum atomic E-state index is -0.441. The van der Waals surface area contributed by atoms with Crippen LogP contribution in [0.1, 0.15) is 28.8 Å². The van der Waals surface area contributed by atoms with Gasteiger partial charge in [0.2, 0.25) is 0 Å². The van der Waals surface area contributed by atoms with E-state index in [0.717, 1.165) is 19.4 Å². The molecule has 1 saturated heterocycles. The molecule has 1 aliphatic heterocycles. The molecule has 1 aromatic heterocycles. The lowest BCUT2D eigenvalue weighted by molar-refractivity contribution is -0.385.